The van der Waals surface area contributed by atoms with E-state index in [0.717, 1.165) is 42.3 Å². The first-order valence-electron chi connectivity index (χ1n) is 9.10. The maximum Gasteiger partial charge on any atom is 0.273 e. The maximum atomic E-state index is 12.8. The summed E-state index contributed by atoms with van der Waals surface area (Å²) in [6.45, 7) is 6.55. The Hall–Kier alpha value is -1.92. The molecule has 1 saturated heterocycles. The summed E-state index contributed by atoms with van der Waals surface area (Å²) in [5.74, 6) is 0.832. The van der Waals surface area contributed by atoms with Crippen LogP contribution in [0, 0.1) is 0 Å². The molecule has 1 aromatic carbocycles. The minimum atomic E-state index is 0.0176. The number of benzene rings is 1. The molecule has 1 aromatic heterocycles. The van der Waals surface area contributed by atoms with Crippen LogP contribution < -0.4 is 4.74 Å². The second-order valence-corrected chi connectivity index (χ2v) is 7.90. The van der Waals surface area contributed by atoms with E-state index in [4.69, 9.17) is 4.74 Å². The van der Waals surface area contributed by atoms with E-state index in [1.165, 1.54) is 11.3 Å². The van der Waals surface area contributed by atoms with Crippen LogP contribution in [0.2, 0.25) is 0 Å². The summed E-state index contributed by atoms with van der Waals surface area (Å²) in [7, 11) is 3.56. The zero-order valence-corrected chi connectivity index (χ0v) is 16.8. The van der Waals surface area contributed by atoms with Gasteiger partial charge in [0.2, 0.25) is 0 Å². The Morgan fingerprint density at radius 2 is 1.92 bits per heavy atom. The van der Waals surface area contributed by atoms with Crippen LogP contribution in [0.4, 0.5) is 0 Å². The second kappa shape index (κ2) is 8.18. The topological polar surface area (TPSA) is 45.7 Å². The molecule has 5 nitrogen and oxygen atoms in total. The van der Waals surface area contributed by atoms with E-state index in [-0.39, 0.29) is 5.91 Å². The average molecular weight is 374 g/mol. The van der Waals surface area contributed by atoms with Crippen LogP contribution in [0.25, 0.3) is 10.6 Å². The van der Waals surface area contributed by atoms with Gasteiger partial charge in [-0.3, -0.25) is 4.79 Å². The van der Waals surface area contributed by atoms with Crippen LogP contribution in [0.5, 0.6) is 5.75 Å². The predicted molar refractivity (Wildman–Crippen MR) is 106 cm³/mol. The Morgan fingerprint density at radius 3 is 2.50 bits per heavy atom. The second-order valence-electron chi connectivity index (χ2n) is 7.04. The van der Waals surface area contributed by atoms with Gasteiger partial charge in [0.25, 0.3) is 5.91 Å². The van der Waals surface area contributed by atoms with Crippen LogP contribution in [0.1, 0.15) is 37.2 Å². The lowest BCUT2D eigenvalue weighted by atomic mass is 10.0. The van der Waals surface area contributed by atoms with Crippen molar-refractivity contribution in [1.82, 2.24) is 14.8 Å². The Balaban J connectivity index is 1.65. The standard InChI is InChI=1S/C20H27N3O2S/c1-14(2)23-11-9-16(10-12-23)22(3)20(24)18-13-26-19(21-18)15-5-7-17(25-4)8-6-15/h5-8,13-14,16H,9-12H2,1-4H3. The number of carbonyl (C=O) groups excluding carboxylic acids is 1. The predicted octanol–water partition coefficient (Wildman–Crippen LogP) is 3.76. The fraction of sp³-hybridized carbons (Fsp3) is 0.500. The highest BCUT2D eigenvalue weighted by Crippen LogP contribution is 2.27. The lowest BCUT2D eigenvalue weighted by molar-refractivity contribution is 0.0610. The molecule has 1 aliphatic rings. The number of aromatic nitrogens is 1. The smallest absolute Gasteiger partial charge is 0.273 e. The molecule has 0 atom stereocenters. The average Bonchev–Trinajstić information content (AvgIpc) is 3.17. The Kier molecular flexibility index (Phi) is 5.94. The normalized spacial score (nSPS) is 16.0. The minimum Gasteiger partial charge on any atom is -0.497 e. The summed E-state index contributed by atoms with van der Waals surface area (Å²) in [4.78, 5) is 21.8. The van der Waals surface area contributed by atoms with Crippen LogP contribution in [-0.4, -0.2) is 60.0 Å². The fourth-order valence-corrected chi connectivity index (χ4v) is 4.17. The number of hydrogen-bond donors (Lipinski definition) is 0. The largest absolute Gasteiger partial charge is 0.497 e. The van der Waals surface area contributed by atoms with Gasteiger partial charge in [-0.25, -0.2) is 4.98 Å². The molecule has 0 spiro atoms. The van der Waals surface area contributed by atoms with E-state index in [0.29, 0.717) is 17.8 Å². The molecule has 1 fully saturated rings. The number of hydrogen-bond acceptors (Lipinski definition) is 5. The lowest BCUT2D eigenvalue weighted by Crippen LogP contribution is -2.47. The molecule has 0 saturated carbocycles. The summed E-state index contributed by atoms with van der Waals surface area (Å²) < 4.78 is 5.19. The van der Waals surface area contributed by atoms with Crippen molar-refractivity contribution in [3.63, 3.8) is 0 Å². The van der Waals surface area contributed by atoms with Gasteiger partial charge in [-0.15, -0.1) is 11.3 Å². The van der Waals surface area contributed by atoms with Crippen LogP contribution in [-0.2, 0) is 0 Å². The van der Waals surface area contributed by atoms with Crippen molar-refractivity contribution >= 4 is 17.2 Å². The van der Waals surface area contributed by atoms with Crippen LogP contribution >= 0.6 is 11.3 Å². The number of nitrogens with zero attached hydrogens (tertiary/aromatic N) is 3. The molecule has 6 heteroatoms. The summed E-state index contributed by atoms with van der Waals surface area (Å²) in [6.07, 6.45) is 2.05. The molecule has 26 heavy (non-hydrogen) atoms. The molecule has 3 rings (SSSR count). The Labute approximate surface area is 159 Å². The number of thiazole rings is 1. The van der Waals surface area contributed by atoms with Gasteiger partial charge in [0, 0.05) is 43.2 Å². The molecule has 0 bridgehead atoms. The van der Waals surface area contributed by atoms with E-state index in [9.17, 15) is 4.79 Å². The zero-order chi connectivity index (χ0) is 18.7. The highest BCUT2D eigenvalue weighted by molar-refractivity contribution is 7.13. The van der Waals surface area contributed by atoms with Crippen molar-refractivity contribution in [3.8, 4) is 16.3 Å². The summed E-state index contributed by atoms with van der Waals surface area (Å²) in [5, 5.41) is 2.72. The summed E-state index contributed by atoms with van der Waals surface area (Å²) in [6, 6.07) is 8.63. The van der Waals surface area contributed by atoms with Crippen molar-refractivity contribution in [2.24, 2.45) is 0 Å². The van der Waals surface area contributed by atoms with Gasteiger partial charge in [-0.1, -0.05) is 0 Å². The minimum absolute atomic E-state index is 0.0176. The molecular weight excluding hydrogens is 346 g/mol. The van der Waals surface area contributed by atoms with Gasteiger partial charge < -0.3 is 14.5 Å². The molecular formula is C20H27N3O2S. The molecule has 140 valence electrons. The van der Waals surface area contributed by atoms with Gasteiger partial charge in [-0.05, 0) is 51.0 Å². The quantitative estimate of drug-likeness (QED) is 0.800. The van der Waals surface area contributed by atoms with E-state index >= 15 is 0 Å². The molecule has 2 aromatic rings. The monoisotopic (exact) mass is 373 g/mol. The number of carbonyl (C=O) groups is 1. The van der Waals surface area contributed by atoms with E-state index in [1.807, 2.05) is 41.6 Å². The van der Waals surface area contributed by atoms with Crippen molar-refractivity contribution in [3.05, 3.63) is 35.3 Å². The van der Waals surface area contributed by atoms with Gasteiger partial charge in [-0.2, -0.15) is 0 Å². The number of ether oxygens (including phenoxy) is 1. The number of rotatable bonds is 5. The maximum absolute atomic E-state index is 12.8. The van der Waals surface area contributed by atoms with Crippen molar-refractivity contribution in [2.75, 3.05) is 27.2 Å². The van der Waals surface area contributed by atoms with Crippen LogP contribution in [0.15, 0.2) is 29.6 Å². The first-order valence-corrected chi connectivity index (χ1v) is 9.98. The molecule has 2 heterocycles. The summed E-state index contributed by atoms with van der Waals surface area (Å²) in [5.41, 5.74) is 1.54. The number of likely N-dealkylation sites (tertiary alicyclic amines) is 1. The Bertz CT molecular complexity index is 734. The number of amides is 1. The van der Waals surface area contributed by atoms with Crippen molar-refractivity contribution in [1.29, 1.82) is 0 Å². The van der Waals surface area contributed by atoms with Gasteiger partial charge in [0.1, 0.15) is 16.5 Å². The molecule has 0 radical (unpaired) electrons. The van der Waals surface area contributed by atoms with Gasteiger partial charge in [0.15, 0.2) is 0 Å². The zero-order valence-electron chi connectivity index (χ0n) is 15.9. The third kappa shape index (κ3) is 4.07. The third-order valence-corrected chi connectivity index (χ3v) is 6.05. The highest BCUT2D eigenvalue weighted by atomic mass is 32.1. The summed E-state index contributed by atoms with van der Waals surface area (Å²) >= 11 is 1.51. The first kappa shape index (κ1) is 18.9. The first-order chi connectivity index (χ1) is 12.5. The number of methoxy groups -OCH3 is 1. The van der Waals surface area contributed by atoms with Crippen molar-refractivity contribution < 1.29 is 9.53 Å². The van der Waals surface area contributed by atoms with Crippen LogP contribution in [0.3, 0.4) is 0 Å². The van der Waals surface area contributed by atoms with E-state index in [2.05, 4.69) is 23.7 Å². The van der Waals surface area contributed by atoms with Gasteiger partial charge in [0.05, 0.1) is 7.11 Å². The van der Waals surface area contributed by atoms with Gasteiger partial charge >= 0.3 is 0 Å². The fourth-order valence-electron chi connectivity index (χ4n) is 3.37. The number of piperidine rings is 1. The highest BCUT2D eigenvalue weighted by Gasteiger charge is 2.27. The van der Waals surface area contributed by atoms with E-state index in [1.54, 1.807) is 7.11 Å². The third-order valence-electron chi connectivity index (χ3n) is 5.16. The van der Waals surface area contributed by atoms with Crippen molar-refractivity contribution in [2.45, 2.75) is 38.8 Å². The van der Waals surface area contributed by atoms with E-state index < -0.39 is 0 Å². The Morgan fingerprint density at radius 1 is 1.27 bits per heavy atom. The lowest BCUT2D eigenvalue weighted by Gasteiger charge is -2.38. The molecule has 0 N–H and O–H groups in total. The molecule has 1 aliphatic heterocycles. The SMILES string of the molecule is COc1ccc(-c2nc(C(=O)N(C)C3CCN(C(C)C)CC3)cs2)cc1. The molecule has 0 unspecified atom stereocenters. The molecule has 0 aliphatic carbocycles. The molecule has 1 amide bonds.